The summed E-state index contributed by atoms with van der Waals surface area (Å²) in [5, 5.41) is 2.49. The molecule has 0 bridgehead atoms. The van der Waals surface area contributed by atoms with E-state index in [1.807, 2.05) is 19.1 Å². The fraction of sp³-hybridized carbons (Fsp3) is 0.333. The second kappa shape index (κ2) is 10.0. The topological polar surface area (TPSA) is 92.8 Å². The van der Waals surface area contributed by atoms with E-state index in [0.717, 1.165) is 24.1 Å². The fourth-order valence-corrected chi connectivity index (χ4v) is 3.40. The highest BCUT2D eigenvalue weighted by atomic mass is 16.5. The summed E-state index contributed by atoms with van der Waals surface area (Å²) in [5.41, 5.74) is 2.70. The average Bonchev–Trinajstić information content (AvgIpc) is 3.22. The number of hydrogen-bond donors (Lipinski definition) is 1. The lowest BCUT2D eigenvalue weighted by atomic mass is 10.0. The van der Waals surface area contributed by atoms with Crippen LogP contribution in [0.2, 0.25) is 0 Å². The van der Waals surface area contributed by atoms with Gasteiger partial charge in [-0.15, -0.1) is 0 Å². The summed E-state index contributed by atoms with van der Waals surface area (Å²) in [6.45, 7) is 3.86. The molecule has 1 fully saturated rings. The molecule has 0 saturated carbocycles. The Morgan fingerprint density at radius 3 is 2.26 bits per heavy atom. The van der Waals surface area contributed by atoms with Gasteiger partial charge < -0.3 is 15.0 Å². The minimum absolute atomic E-state index is 0.0740. The van der Waals surface area contributed by atoms with Gasteiger partial charge in [0.25, 0.3) is 5.91 Å². The number of ether oxygens (including phenoxy) is 1. The number of ketones is 1. The third-order valence-electron chi connectivity index (χ3n) is 5.23. The molecule has 1 atom stereocenters. The molecule has 0 radical (unpaired) electrons. The number of carbonyl (C=O) groups excluding carboxylic acids is 4. The largest absolute Gasteiger partial charge is 0.453 e. The summed E-state index contributed by atoms with van der Waals surface area (Å²) in [4.78, 5) is 50.2. The van der Waals surface area contributed by atoms with E-state index in [-0.39, 0.29) is 18.2 Å². The van der Waals surface area contributed by atoms with Gasteiger partial charge in [0.15, 0.2) is 6.10 Å². The molecule has 2 aromatic carbocycles. The zero-order valence-electron chi connectivity index (χ0n) is 17.7. The number of rotatable bonds is 8. The molecule has 162 valence electrons. The fourth-order valence-electron chi connectivity index (χ4n) is 3.40. The van der Waals surface area contributed by atoms with Crippen molar-refractivity contribution in [3.63, 3.8) is 0 Å². The van der Waals surface area contributed by atoms with Crippen LogP contribution in [0.3, 0.4) is 0 Å². The molecule has 2 amide bonds. The van der Waals surface area contributed by atoms with Crippen LogP contribution < -0.4 is 10.2 Å². The minimum atomic E-state index is -0.950. The highest BCUT2D eigenvalue weighted by Gasteiger charge is 2.22. The number of amides is 2. The Hall–Kier alpha value is -3.48. The lowest BCUT2D eigenvalue weighted by molar-refractivity contribution is -0.145. The summed E-state index contributed by atoms with van der Waals surface area (Å²) in [7, 11) is 0. The molecule has 1 N–H and O–H groups in total. The second-order valence-electron chi connectivity index (χ2n) is 7.43. The number of nitrogens with zero attached hydrogens (tertiary/aromatic N) is 1. The van der Waals surface area contributed by atoms with Crippen LogP contribution in [-0.2, 0) is 20.7 Å². The van der Waals surface area contributed by atoms with Crippen LogP contribution in [0.25, 0.3) is 0 Å². The van der Waals surface area contributed by atoms with Crippen molar-refractivity contribution in [3.05, 3.63) is 65.2 Å². The van der Waals surface area contributed by atoms with E-state index in [1.54, 1.807) is 41.3 Å². The summed E-state index contributed by atoms with van der Waals surface area (Å²) < 4.78 is 5.16. The number of Topliss-reactive ketones (excluding diaryl/α,β-unsaturated/α-hetero) is 1. The van der Waals surface area contributed by atoms with Crippen LogP contribution >= 0.6 is 0 Å². The van der Waals surface area contributed by atoms with E-state index in [1.165, 1.54) is 6.92 Å². The van der Waals surface area contributed by atoms with Crippen LogP contribution in [0.4, 0.5) is 5.69 Å². The number of benzene rings is 2. The highest BCUT2D eigenvalue weighted by molar-refractivity contribution is 6.01. The first kappa shape index (κ1) is 22.2. The maximum absolute atomic E-state index is 12.4. The molecule has 1 aliphatic heterocycles. The number of anilines is 1. The summed E-state index contributed by atoms with van der Waals surface area (Å²) in [6, 6.07) is 13.8. The zero-order valence-corrected chi connectivity index (χ0v) is 17.7. The van der Waals surface area contributed by atoms with Gasteiger partial charge >= 0.3 is 5.97 Å². The molecule has 31 heavy (non-hydrogen) atoms. The van der Waals surface area contributed by atoms with Gasteiger partial charge in [-0.1, -0.05) is 31.2 Å². The quantitative estimate of drug-likeness (QED) is 0.522. The van der Waals surface area contributed by atoms with Crippen molar-refractivity contribution in [2.45, 2.75) is 39.2 Å². The van der Waals surface area contributed by atoms with Gasteiger partial charge in [0.2, 0.25) is 11.7 Å². The van der Waals surface area contributed by atoms with Crippen molar-refractivity contribution in [3.8, 4) is 0 Å². The minimum Gasteiger partial charge on any atom is -0.453 e. The molecule has 0 spiro atoms. The molecule has 0 aromatic heterocycles. The van der Waals surface area contributed by atoms with Gasteiger partial charge in [0, 0.05) is 29.8 Å². The first-order valence-corrected chi connectivity index (χ1v) is 10.4. The Morgan fingerprint density at radius 1 is 1.03 bits per heavy atom. The normalized spacial score (nSPS) is 14.3. The van der Waals surface area contributed by atoms with Gasteiger partial charge in [0.05, 0.1) is 0 Å². The standard InChI is InChI=1S/C24H26N2O5/c1-3-17-6-8-18(9-7-17)23(29)16(2)31-22(28)15-25-24(30)19-10-12-20(13-11-19)26-14-4-5-21(26)27/h6-13,16H,3-5,14-15H2,1-2H3,(H,25,30). The van der Waals surface area contributed by atoms with Crippen LogP contribution in [0, 0.1) is 0 Å². The lowest BCUT2D eigenvalue weighted by Crippen LogP contribution is -2.34. The number of esters is 1. The van der Waals surface area contributed by atoms with Crippen molar-refractivity contribution >= 4 is 29.3 Å². The predicted octanol–water partition coefficient (Wildman–Crippen LogP) is 2.92. The summed E-state index contributed by atoms with van der Waals surface area (Å²) >= 11 is 0. The van der Waals surface area contributed by atoms with E-state index in [2.05, 4.69) is 5.32 Å². The number of hydrogen-bond acceptors (Lipinski definition) is 5. The molecule has 3 rings (SSSR count). The Bertz CT molecular complexity index is 966. The molecule has 1 unspecified atom stereocenters. The second-order valence-corrected chi connectivity index (χ2v) is 7.43. The molecule has 1 heterocycles. The highest BCUT2D eigenvalue weighted by Crippen LogP contribution is 2.21. The smallest absolute Gasteiger partial charge is 0.326 e. The number of aryl methyl sites for hydroxylation is 1. The third kappa shape index (κ3) is 5.57. The third-order valence-corrected chi connectivity index (χ3v) is 5.23. The Labute approximate surface area is 181 Å². The van der Waals surface area contributed by atoms with Crippen molar-refractivity contribution in [1.82, 2.24) is 5.32 Å². The van der Waals surface area contributed by atoms with Gasteiger partial charge in [-0.25, -0.2) is 0 Å². The van der Waals surface area contributed by atoms with Gasteiger partial charge in [-0.2, -0.15) is 0 Å². The molecular weight excluding hydrogens is 396 g/mol. The molecule has 7 heteroatoms. The van der Waals surface area contributed by atoms with Crippen molar-refractivity contribution in [2.75, 3.05) is 18.0 Å². The van der Waals surface area contributed by atoms with Crippen LogP contribution in [-0.4, -0.2) is 42.8 Å². The van der Waals surface area contributed by atoms with E-state index >= 15 is 0 Å². The van der Waals surface area contributed by atoms with Crippen LogP contribution in [0.15, 0.2) is 48.5 Å². The van der Waals surface area contributed by atoms with Gasteiger partial charge in [-0.3, -0.25) is 19.2 Å². The molecule has 2 aromatic rings. The van der Waals surface area contributed by atoms with E-state index in [0.29, 0.717) is 24.1 Å². The maximum atomic E-state index is 12.4. The molecule has 1 aliphatic rings. The van der Waals surface area contributed by atoms with Crippen molar-refractivity contribution < 1.29 is 23.9 Å². The average molecular weight is 422 g/mol. The molecular formula is C24H26N2O5. The SMILES string of the molecule is CCc1ccc(C(=O)C(C)OC(=O)CNC(=O)c2ccc(N3CCCC3=O)cc2)cc1. The monoisotopic (exact) mass is 422 g/mol. The Kier molecular flexibility index (Phi) is 7.18. The number of nitrogens with one attached hydrogen (secondary N) is 1. The Balaban J connectivity index is 1.48. The van der Waals surface area contributed by atoms with E-state index in [9.17, 15) is 19.2 Å². The first-order chi connectivity index (χ1) is 14.9. The van der Waals surface area contributed by atoms with Crippen molar-refractivity contribution in [1.29, 1.82) is 0 Å². The summed E-state index contributed by atoms with van der Waals surface area (Å²) in [5.74, 6) is -1.36. The van der Waals surface area contributed by atoms with Crippen LogP contribution in [0.5, 0.6) is 0 Å². The molecule has 1 saturated heterocycles. The van der Waals surface area contributed by atoms with Crippen molar-refractivity contribution in [2.24, 2.45) is 0 Å². The van der Waals surface area contributed by atoms with Crippen LogP contribution in [0.1, 0.15) is 53.0 Å². The molecule has 7 nitrogen and oxygen atoms in total. The molecule has 0 aliphatic carbocycles. The van der Waals surface area contributed by atoms with Gasteiger partial charge in [-0.05, 0) is 49.6 Å². The zero-order chi connectivity index (χ0) is 22.4. The predicted molar refractivity (Wildman–Crippen MR) is 116 cm³/mol. The maximum Gasteiger partial charge on any atom is 0.326 e. The van der Waals surface area contributed by atoms with E-state index in [4.69, 9.17) is 4.74 Å². The Morgan fingerprint density at radius 2 is 1.68 bits per heavy atom. The number of carbonyl (C=O) groups is 4. The summed E-state index contributed by atoms with van der Waals surface area (Å²) in [6.07, 6.45) is 1.29. The van der Waals surface area contributed by atoms with E-state index < -0.39 is 18.0 Å². The van der Waals surface area contributed by atoms with Gasteiger partial charge in [0.1, 0.15) is 6.54 Å². The lowest BCUT2D eigenvalue weighted by Gasteiger charge is -2.16. The first-order valence-electron chi connectivity index (χ1n) is 10.4.